The van der Waals surface area contributed by atoms with Crippen LogP contribution < -0.4 is 5.32 Å². The van der Waals surface area contributed by atoms with Gasteiger partial charge >= 0.3 is 0 Å². The number of hydrogen-bond acceptors (Lipinski definition) is 4. The second kappa shape index (κ2) is 11.8. The summed E-state index contributed by atoms with van der Waals surface area (Å²) in [7, 11) is 0. The van der Waals surface area contributed by atoms with Gasteiger partial charge in [0, 0.05) is 23.6 Å². The molecule has 3 heterocycles. The first-order chi connectivity index (χ1) is 15.5. The van der Waals surface area contributed by atoms with Crippen molar-refractivity contribution >= 4 is 40.7 Å². The minimum Gasteiger partial charge on any atom is -0.348 e. The molecule has 2 aliphatic heterocycles. The number of nitrogens with zero attached hydrogens (tertiary/aromatic N) is 4. The minimum atomic E-state index is -0.321. The highest BCUT2D eigenvalue weighted by Crippen LogP contribution is 2.34. The summed E-state index contributed by atoms with van der Waals surface area (Å²) in [6.45, 7) is 15.0. The SMILES string of the molecule is C=C.CC.CC1(C)CNC(=O)c2c(-c3ccc(Cl)cc3)c(CN=CN=C3CC=CS3)nn21. The molecular weight excluding hydrogens is 442 g/mol. The molecule has 8 heteroatoms. The first kappa shape index (κ1) is 25.6. The van der Waals surface area contributed by atoms with E-state index < -0.39 is 0 Å². The lowest BCUT2D eigenvalue weighted by Gasteiger charge is -2.32. The molecule has 1 aromatic heterocycles. The maximum atomic E-state index is 12.7. The lowest BCUT2D eigenvalue weighted by atomic mass is 9.98. The smallest absolute Gasteiger partial charge is 0.270 e. The van der Waals surface area contributed by atoms with E-state index in [0.717, 1.165) is 28.3 Å². The Hall–Kier alpha value is -2.64. The number of fused-ring (bicyclic) bond motifs is 1. The Morgan fingerprint density at radius 3 is 2.59 bits per heavy atom. The summed E-state index contributed by atoms with van der Waals surface area (Å²) in [5.74, 6) is -0.124. The van der Waals surface area contributed by atoms with E-state index in [1.807, 2.05) is 48.2 Å². The van der Waals surface area contributed by atoms with E-state index in [4.69, 9.17) is 16.7 Å². The van der Waals surface area contributed by atoms with Crippen LogP contribution in [0.3, 0.4) is 0 Å². The number of hydrogen-bond donors (Lipinski definition) is 1. The fourth-order valence-electron chi connectivity index (χ4n) is 3.24. The molecule has 0 spiro atoms. The number of carbonyl (C=O) groups excluding carboxylic acids is 1. The average Bonchev–Trinajstić information content (AvgIpc) is 3.46. The quantitative estimate of drug-likeness (QED) is 0.333. The van der Waals surface area contributed by atoms with Gasteiger partial charge in [0.1, 0.15) is 12.0 Å². The zero-order chi connectivity index (χ0) is 23.7. The molecule has 32 heavy (non-hydrogen) atoms. The molecular formula is C24H30ClN5OS. The van der Waals surface area contributed by atoms with Crippen LogP contribution in [-0.4, -0.2) is 33.6 Å². The van der Waals surface area contributed by atoms with Crippen LogP contribution in [0, 0.1) is 0 Å². The van der Waals surface area contributed by atoms with Crippen molar-refractivity contribution in [2.24, 2.45) is 9.98 Å². The molecule has 6 nitrogen and oxygen atoms in total. The summed E-state index contributed by atoms with van der Waals surface area (Å²) >= 11 is 7.65. The van der Waals surface area contributed by atoms with Gasteiger partial charge in [0.25, 0.3) is 5.91 Å². The number of benzene rings is 1. The number of nitrogens with one attached hydrogen (secondary N) is 1. The molecule has 0 fully saturated rings. The van der Waals surface area contributed by atoms with Crippen LogP contribution in [0.5, 0.6) is 0 Å². The lowest BCUT2D eigenvalue weighted by Crippen LogP contribution is -2.48. The molecule has 0 atom stereocenters. The van der Waals surface area contributed by atoms with Crippen LogP contribution in [0.25, 0.3) is 11.1 Å². The maximum absolute atomic E-state index is 12.7. The predicted molar refractivity (Wildman–Crippen MR) is 138 cm³/mol. The van der Waals surface area contributed by atoms with E-state index in [-0.39, 0.29) is 11.4 Å². The van der Waals surface area contributed by atoms with Crippen LogP contribution in [0.1, 0.15) is 50.3 Å². The lowest BCUT2D eigenvalue weighted by molar-refractivity contribution is 0.0878. The fraction of sp³-hybridized carbons (Fsp3) is 0.333. The van der Waals surface area contributed by atoms with Crippen molar-refractivity contribution in [1.29, 1.82) is 0 Å². The standard InChI is InChI=1S/C20H20ClN5OS.C2H6.C2H4/c1-20(2)11-23-19(27)18-17(13-5-7-14(21)8-6-13)15(25-26(18)20)10-22-12-24-16-4-3-9-28-16;2*1-2/h3,5-9,12H,4,10-11H2,1-2H3,(H,23,27);1-2H3;1-2H2. The van der Waals surface area contributed by atoms with Crippen LogP contribution in [0.4, 0.5) is 0 Å². The van der Waals surface area contributed by atoms with Crippen LogP contribution in [-0.2, 0) is 12.1 Å². The molecule has 170 valence electrons. The van der Waals surface area contributed by atoms with Crippen molar-refractivity contribution < 1.29 is 4.79 Å². The first-order valence-corrected chi connectivity index (χ1v) is 11.7. The Bertz CT molecular complexity index is 1010. The van der Waals surface area contributed by atoms with Crippen molar-refractivity contribution in [1.82, 2.24) is 15.1 Å². The van der Waals surface area contributed by atoms with Gasteiger partial charge in [-0.1, -0.05) is 55.4 Å². The van der Waals surface area contributed by atoms with Crippen LogP contribution in [0.2, 0.25) is 5.02 Å². The largest absolute Gasteiger partial charge is 0.348 e. The third-order valence-corrected chi connectivity index (χ3v) is 5.80. The molecule has 1 aromatic carbocycles. The Labute approximate surface area is 199 Å². The van der Waals surface area contributed by atoms with Crippen LogP contribution in [0.15, 0.2) is 58.9 Å². The number of amides is 1. The second-order valence-electron chi connectivity index (χ2n) is 7.26. The third-order valence-electron chi connectivity index (χ3n) is 4.68. The zero-order valence-electron chi connectivity index (χ0n) is 19.1. The highest BCUT2D eigenvalue weighted by atomic mass is 35.5. The Kier molecular flexibility index (Phi) is 9.47. The molecule has 0 saturated heterocycles. The summed E-state index contributed by atoms with van der Waals surface area (Å²) in [6.07, 6.45) is 4.49. The molecule has 1 N–H and O–H groups in total. The molecule has 2 aliphatic rings. The second-order valence-corrected chi connectivity index (χ2v) is 8.67. The summed E-state index contributed by atoms with van der Waals surface area (Å²) < 4.78 is 1.82. The van der Waals surface area contributed by atoms with E-state index >= 15 is 0 Å². The number of aliphatic imine (C=N–C) groups is 2. The number of aromatic nitrogens is 2. The van der Waals surface area contributed by atoms with E-state index in [2.05, 4.69) is 48.4 Å². The number of halogens is 1. The molecule has 0 saturated carbocycles. The number of carbonyl (C=O) groups is 1. The van der Waals surface area contributed by atoms with E-state index in [0.29, 0.717) is 23.8 Å². The van der Waals surface area contributed by atoms with Crippen LogP contribution >= 0.6 is 23.4 Å². The Morgan fingerprint density at radius 2 is 1.97 bits per heavy atom. The molecule has 4 rings (SSSR count). The molecule has 0 radical (unpaired) electrons. The molecule has 2 aromatic rings. The topological polar surface area (TPSA) is 71.6 Å². The third kappa shape index (κ3) is 5.78. The van der Waals surface area contributed by atoms with Gasteiger partial charge in [0.15, 0.2) is 0 Å². The summed E-state index contributed by atoms with van der Waals surface area (Å²) in [4.78, 5) is 21.5. The van der Waals surface area contributed by atoms with Crippen molar-refractivity contribution in [2.45, 2.75) is 46.2 Å². The number of rotatable bonds is 4. The Morgan fingerprint density at radius 1 is 1.28 bits per heavy atom. The van der Waals surface area contributed by atoms with Crippen molar-refractivity contribution in [3.8, 4) is 11.1 Å². The van der Waals surface area contributed by atoms with Crippen molar-refractivity contribution in [2.75, 3.05) is 6.54 Å². The highest BCUT2D eigenvalue weighted by Gasteiger charge is 2.36. The molecule has 0 unspecified atom stereocenters. The predicted octanol–water partition coefficient (Wildman–Crippen LogP) is 6.09. The maximum Gasteiger partial charge on any atom is 0.270 e. The zero-order valence-corrected chi connectivity index (χ0v) is 20.6. The van der Waals surface area contributed by atoms with Gasteiger partial charge in [0.05, 0.1) is 22.8 Å². The minimum absolute atomic E-state index is 0.124. The summed E-state index contributed by atoms with van der Waals surface area (Å²) in [6, 6.07) is 7.44. The van der Waals surface area contributed by atoms with Gasteiger partial charge in [-0.3, -0.25) is 14.5 Å². The average molecular weight is 472 g/mol. The summed E-state index contributed by atoms with van der Waals surface area (Å²) in [5, 5.41) is 11.4. The molecule has 0 aliphatic carbocycles. The van der Waals surface area contributed by atoms with Gasteiger partial charge in [-0.2, -0.15) is 5.10 Å². The van der Waals surface area contributed by atoms with E-state index in [1.165, 1.54) is 0 Å². The van der Waals surface area contributed by atoms with Gasteiger partial charge in [-0.05, 0) is 37.0 Å². The summed E-state index contributed by atoms with van der Waals surface area (Å²) in [5.41, 5.74) is 2.68. The highest BCUT2D eigenvalue weighted by molar-refractivity contribution is 8.16. The fourth-order valence-corrected chi connectivity index (χ4v) is 4.01. The number of thioether (sulfide) groups is 1. The monoisotopic (exact) mass is 471 g/mol. The van der Waals surface area contributed by atoms with E-state index in [9.17, 15) is 4.79 Å². The first-order valence-electron chi connectivity index (χ1n) is 10.5. The van der Waals surface area contributed by atoms with Gasteiger partial charge in [-0.25, -0.2) is 4.99 Å². The van der Waals surface area contributed by atoms with Gasteiger partial charge in [0.2, 0.25) is 0 Å². The van der Waals surface area contributed by atoms with Crippen molar-refractivity contribution in [3.63, 3.8) is 0 Å². The van der Waals surface area contributed by atoms with Gasteiger partial charge < -0.3 is 5.32 Å². The molecule has 1 amide bonds. The van der Waals surface area contributed by atoms with Gasteiger partial charge in [-0.15, -0.1) is 13.2 Å². The number of allylic oxidation sites excluding steroid dienone is 1. The van der Waals surface area contributed by atoms with E-state index in [1.54, 1.807) is 18.1 Å². The Balaban J connectivity index is 0.000000860. The molecule has 0 bridgehead atoms. The van der Waals surface area contributed by atoms with Crippen molar-refractivity contribution in [3.05, 3.63) is 65.3 Å². The normalized spacial score (nSPS) is 17.3.